The van der Waals surface area contributed by atoms with E-state index in [2.05, 4.69) is 11.8 Å². The highest BCUT2D eigenvalue weighted by atomic mass is 16.5. The Morgan fingerprint density at radius 3 is 2.71 bits per heavy atom. The van der Waals surface area contributed by atoms with Gasteiger partial charge < -0.3 is 9.84 Å². The number of hydrogen-bond donors (Lipinski definition) is 1. The Hall–Kier alpha value is -2.99. The molecule has 0 aliphatic heterocycles. The molecular formula is C18H14O3. The highest BCUT2D eigenvalue weighted by molar-refractivity contribution is 5.85. The molecule has 2 rings (SSSR count). The maximum atomic E-state index is 10.5. The number of rotatable bonds is 4. The van der Waals surface area contributed by atoms with Crippen molar-refractivity contribution in [1.29, 1.82) is 0 Å². The molecule has 0 saturated carbocycles. The topological polar surface area (TPSA) is 46.5 Å². The van der Waals surface area contributed by atoms with Gasteiger partial charge in [0.25, 0.3) is 0 Å². The second kappa shape index (κ2) is 7.56. The number of ether oxygens (including phenoxy) is 1. The van der Waals surface area contributed by atoms with Gasteiger partial charge in [0.1, 0.15) is 12.4 Å². The van der Waals surface area contributed by atoms with Crippen molar-refractivity contribution in [2.45, 2.75) is 0 Å². The van der Waals surface area contributed by atoms with E-state index in [1.807, 2.05) is 48.5 Å². The third kappa shape index (κ3) is 5.25. The fourth-order valence-corrected chi connectivity index (χ4v) is 1.65. The molecule has 104 valence electrons. The first-order valence-corrected chi connectivity index (χ1v) is 6.42. The van der Waals surface area contributed by atoms with Crippen LogP contribution in [0.5, 0.6) is 5.75 Å². The van der Waals surface area contributed by atoms with Crippen LogP contribution in [-0.2, 0) is 4.79 Å². The van der Waals surface area contributed by atoms with Crippen molar-refractivity contribution in [3.05, 3.63) is 71.8 Å². The van der Waals surface area contributed by atoms with E-state index in [-0.39, 0.29) is 6.61 Å². The monoisotopic (exact) mass is 278 g/mol. The molecule has 0 radical (unpaired) electrons. The number of carboxylic acid groups (broad SMARTS) is 1. The molecule has 0 amide bonds. The van der Waals surface area contributed by atoms with Crippen molar-refractivity contribution in [3.63, 3.8) is 0 Å². The molecule has 21 heavy (non-hydrogen) atoms. The van der Waals surface area contributed by atoms with Gasteiger partial charge in [0.2, 0.25) is 0 Å². The fourth-order valence-electron chi connectivity index (χ4n) is 1.65. The molecule has 0 atom stereocenters. The van der Waals surface area contributed by atoms with Crippen LogP contribution in [0.2, 0.25) is 0 Å². The molecule has 0 aliphatic rings. The molecule has 0 saturated heterocycles. The zero-order valence-electron chi connectivity index (χ0n) is 11.3. The van der Waals surface area contributed by atoms with Gasteiger partial charge in [0.05, 0.1) is 0 Å². The van der Waals surface area contributed by atoms with Crippen LogP contribution in [0, 0.1) is 11.8 Å². The lowest BCUT2D eigenvalue weighted by Crippen LogP contribution is -1.94. The highest BCUT2D eigenvalue weighted by Crippen LogP contribution is 2.14. The minimum absolute atomic E-state index is 0.279. The Kier molecular flexibility index (Phi) is 5.19. The van der Waals surface area contributed by atoms with Crippen LogP contribution in [0.4, 0.5) is 0 Å². The van der Waals surface area contributed by atoms with E-state index in [9.17, 15) is 4.79 Å². The Balaban J connectivity index is 1.93. The third-order valence-corrected chi connectivity index (χ3v) is 2.59. The van der Waals surface area contributed by atoms with Gasteiger partial charge in [-0.25, -0.2) is 4.79 Å². The van der Waals surface area contributed by atoms with Crippen molar-refractivity contribution >= 4 is 12.0 Å². The summed E-state index contributed by atoms with van der Waals surface area (Å²) in [5.74, 6) is 5.62. The Bertz CT molecular complexity index is 691. The molecule has 0 unspecified atom stereocenters. The van der Waals surface area contributed by atoms with Gasteiger partial charge in [0, 0.05) is 11.6 Å². The number of aliphatic carboxylic acids is 1. The molecule has 0 aromatic heterocycles. The molecule has 0 aliphatic carbocycles. The average Bonchev–Trinajstić information content (AvgIpc) is 2.51. The first kappa shape index (κ1) is 14.4. The Morgan fingerprint density at radius 1 is 1.14 bits per heavy atom. The average molecular weight is 278 g/mol. The van der Waals surface area contributed by atoms with Crippen molar-refractivity contribution in [3.8, 4) is 17.6 Å². The van der Waals surface area contributed by atoms with Crippen LogP contribution in [0.1, 0.15) is 11.1 Å². The van der Waals surface area contributed by atoms with Gasteiger partial charge >= 0.3 is 5.97 Å². The van der Waals surface area contributed by atoms with Gasteiger partial charge in [-0.3, -0.25) is 0 Å². The molecule has 2 aromatic carbocycles. The van der Waals surface area contributed by atoms with Gasteiger partial charge in [-0.05, 0) is 35.9 Å². The number of hydrogen-bond acceptors (Lipinski definition) is 2. The summed E-state index contributed by atoms with van der Waals surface area (Å²) in [4.78, 5) is 10.5. The van der Waals surface area contributed by atoms with E-state index in [0.717, 1.165) is 17.2 Å². The summed E-state index contributed by atoms with van der Waals surface area (Å²) in [6.45, 7) is 0.279. The quantitative estimate of drug-likeness (QED) is 0.690. The molecule has 1 N–H and O–H groups in total. The van der Waals surface area contributed by atoms with Crippen molar-refractivity contribution in [2.24, 2.45) is 0 Å². The van der Waals surface area contributed by atoms with E-state index in [1.165, 1.54) is 6.08 Å². The molecule has 2 aromatic rings. The van der Waals surface area contributed by atoms with Crippen LogP contribution in [0.3, 0.4) is 0 Å². The van der Waals surface area contributed by atoms with Crippen molar-refractivity contribution in [2.75, 3.05) is 6.61 Å². The first-order valence-electron chi connectivity index (χ1n) is 6.42. The zero-order valence-corrected chi connectivity index (χ0v) is 11.3. The zero-order chi connectivity index (χ0) is 14.9. The van der Waals surface area contributed by atoms with Crippen LogP contribution < -0.4 is 4.74 Å². The smallest absolute Gasteiger partial charge is 0.328 e. The number of carbonyl (C=O) groups is 1. The van der Waals surface area contributed by atoms with E-state index in [1.54, 1.807) is 6.07 Å². The first-order chi connectivity index (χ1) is 10.2. The normalized spacial score (nSPS) is 9.90. The summed E-state index contributed by atoms with van der Waals surface area (Å²) in [6.07, 6.45) is 2.61. The molecular weight excluding hydrogens is 264 g/mol. The van der Waals surface area contributed by atoms with E-state index >= 15 is 0 Å². The number of carboxylic acids is 1. The third-order valence-electron chi connectivity index (χ3n) is 2.59. The molecule has 0 fully saturated rings. The van der Waals surface area contributed by atoms with Crippen molar-refractivity contribution < 1.29 is 14.6 Å². The second-order valence-electron chi connectivity index (χ2n) is 4.20. The lowest BCUT2D eigenvalue weighted by atomic mass is 10.2. The largest absolute Gasteiger partial charge is 0.481 e. The summed E-state index contributed by atoms with van der Waals surface area (Å²) < 4.78 is 5.52. The maximum absolute atomic E-state index is 10.5. The summed E-state index contributed by atoms with van der Waals surface area (Å²) in [6, 6.07) is 16.9. The second-order valence-corrected chi connectivity index (χ2v) is 4.20. The fraction of sp³-hybridized carbons (Fsp3) is 0.0556. The van der Waals surface area contributed by atoms with E-state index < -0.39 is 5.97 Å². The predicted molar refractivity (Wildman–Crippen MR) is 81.9 cm³/mol. The van der Waals surface area contributed by atoms with Gasteiger partial charge in [-0.15, -0.1) is 0 Å². The standard InChI is InChI=1S/C18H14O3/c19-18(20)12-11-16-8-4-10-17(14-16)21-13-5-9-15-6-2-1-3-7-15/h1-4,6-8,10-12,14H,13H2,(H,19,20). The summed E-state index contributed by atoms with van der Waals surface area (Å²) in [7, 11) is 0. The molecule has 3 heteroatoms. The minimum atomic E-state index is -0.977. The SMILES string of the molecule is O=C(O)C=Cc1cccc(OCC#Cc2ccccc2)c1. The molecule has 0 spiro atoms. The highest BCUT2D eigenvalue weighted by Gasteiger charge is 1.94. The Labute approximate surface area is 123 Å². The maximum Gasteiger partial charge on any atom is 0.328 e. The van der Waals surface area contributed by atoms with Crippen molar-refractivity contribution in [1.82, 2.24) is 0 Å². The summed E-state index contributed by atoms with van der Waals surface area (Å²) in [5, 5.41) is 8.59. The lowest BCUT2D eigenvalue weighted by Gasteiger charge is -2.02. The van der Waals surface area contributed by atoms with E-state index in [4.69, 9.17) is 9.84 Å². The van der Waals surface area contributed by atoms with Gasteiger partial charge in [-0.1, -0.05) is 42.2 Å². The molecule has 3 nitrogen and oxygen atoms in total. The summed E-state index contributed by atoms with van der Waals surface area (Å²) in [5.41, 5.74) is 1.71. The van der Waals surface area contributed by atoms with Gasteiger partial charge in [0.15, 0.2) is 0 Å². The van der Waals surface area contributed by atoms with E-state index in [0.29, 0.717) is 5.75 Å². The van der Waals surface area contributed by atoms with Gasteiger partial charge in [-0.2, -0.15) is 0 Å². The minimum Gasteiger partial charge on any atom is -0.481 e. The lowest BCUT2D eigenvalue weighted by molar-refractivity contribution is -0.131. The number of benzene rings is 2. The van der Waals surface area contributed by atoms with Crippen LogP contribution >= 0.6 is 0 Å². The summed E-state index contributed by atoms with van der Waals surface area (Å²) >= 11 is 0. The Morgan fingerprint density at radius 2 is 1.95 bits per heavy atom. The molecule has 0 heterocycles. The van der Waals surface area contributed by atoms with Crippen LogP contribution in [0.15, 0.2) is 60.7 Å². The predicted octanol–water partition coefficient (Wildman–Crippen LogP) is 3.21. The van der Waals surface area contributed by atoms with Crippen LogP contribution in [0.25, 0.3) is 6.08 Å². The van der Waals surface area contributed by atoms with Crippen LogP contribution in [-0.4, -0.2) is 17.7 Å². The molecule has 0 bridgehead atoms.